The standard InChI is InChI=1S/C23H24FN5O3/c1-31-8-9-32-22-11-15(19-5-3-6-20(28-19)18(25)12-24)10-21-17(22)13-26-29(21)23-7-2-4-16(14-30)27-23/h2-7,10-11,13,18,30H,8-9,12,14,25H2,1H3. The number of nitrogens with two attached hydrogens (primary N) is 1. The van der Waals surface area contributed by atoms with E-state index in [0.717, 1.165) is 16.5 Å². The molecule has 3 N–H and O–H groups in total. The maximum atomic E-state index is 13.1. The van der Waals surface area contributed by atoms with Crippen molar-refractivity contribution in [2.75, 3.05) is 27.0 Å². The van der Waals surface area contributed by atoms with E-state index in [4.69, 9.17) is 15.2 Å². The topological polar surface area (TPSA) is 108 Å². The number of aliphatic hydroxyl groups excluding tert-OH is 1. The minimum absolute atomic E-state index is 0.171. The molecule has 4 aromatic rings. The van der Waals surface area contributed by atoms with Crippen molar-refractivity contribution in [3.63, 3.8) is 0 Å². The van der Waals surface area contributed by atoms with Crippen LogP contribution < -0.4 is 10.5 Å². The second-order valence-electron chi connectivity index (χ2n) is 7.16. The number of fused-ring (bicyclic) bond motifs is 1. The van der Waals surface area contributed by atoms with Crippen molar-refractivity contribution in [3.8, 4) is 22.8 Å². The summed E-state index contributed by atoms with van der Waals surface area (Å²) in [6.07, 6.45) is 1.71. The van der Waals surface area contributed by atoms with E-state index in [2.05, 4.69) is 15.1 Å². The molecular formula is C23H24FN5O3. The Labute approximate surface area is 184 Å². The van der Waals surface area contributed by atoms with Gasteiger partial charge in [-0.25, -0.2) is 14.1 Å². The monoisotopic (exact) mass is 437 g/mol. The van der Waals surface area contributed by atoms with Gasteiger partial charge in [0, 0.05) is 12.7 Å². The Balaban J connectivity index is 1.86. The quantitative estimate of drug-likeness (QED) is 0.388. The first-order valence-electron chi connectivity index (χ1n) is 10.1. The first-order valence-corrected chi connectivity index (χ1v) is 10.1. The number of hydrogen-bond acceptors (Lipinski definition) is 7. The molecule has 0 aliphatic rings. The van der Waals surface area contributed by atoms with Crippen LogP contribution in [-0.4, -0.2) is 51.9 Å². The van der Waals surface area contributed by atoms with Crippen molar-refractivity contribution in [1.82, 2.24) is 19.7 Å². The molecule has 1 atom stereocenters. The molecule has 8 nitrogen and oxygen atoms in total. The number of ether oxygens (including phenoxy) is 2. The number of aromatic nitrogens is 4. The average Bonchev–Trinajstić information content (AvgIpc) is 3.28. The fourth-order valence-corrected chi connectivity index (χ4v) is 3.35. The third-order valence-corrected chi connectivity index (χ3v) is 4.98. The molecule has 32 heavy (non-hydrogen) atoms. The van der Waals surface area contributed by atoms with Gasteiger partial charge in [-0.1, -0.05) is 12.1 Å². The molecule has 4 rings (SSSR count). The maximum absolute atomic E-state index is 13.1. The van der Waals surface area contributed by atoms with E-state index in [1.165, 1.54) is 0 Å². The number of alkyl halides is 1. The van der Waals surface area contributed by atoms with E-state index in [1.54, 1.807) is 36.2 Å². The number of methoxy groups -OCH3 is 1. The van der Waals surface area contributed by atoms with Crippen molar-refractivity contribution in [2.24, 2.45) is 5.73 Å². The largest absolute Gasteiger partial charge is 0.490 e. The Morgan fingerprint density at radius 2 is 1.97 bits per heavy atom. The third kappa shape index (κ3) is 4.45. The van der Waals surface area contributed by atoms with Gasteiger partial charge in [-0.2, -0.15) is 5.10 Å². The van der Waals surface area contributed by atoms with Crippen LogP contribution in [0, 0.1) is 0 Å². The Kier molecular flexibility index (Phi) is 6.69. The van der Waals surface area contributed by atoms with Crippen molar-refractivity contribution in [2.45, 2.75) is 12.6 Å². The third-order valence-electron chi connectivity index (χ3n) is 4.98. The van der Waals surface area contributed by atoms with Crippen LogP contribution in [0.3, 0.4) is 0 Å². The van der Waals surface area contributed by atoms with Crippen LogP contribution in [-0.2, 0) is 11.3 Å². The summed E-state index contributed by atoms with van der Waals surface area (Å²) >= 11 is 0. The predicted molar refractivity (Wildman–Crippen MR) is 118 cm³/mol. The SMILES string of the molecule is COCCOc1cc(-c2cccc(C(N)CF)n2)cc2c1cnn2-c1cccc(CO)n1. The van der Waals surface area contributed by atoms with Crippen molar-refractivity contribution in [1.29, 1.82) is 0 Å². The molecule has 1 unspecified atom stereocenters. The minimum atomic E-state index is -0.785. The molecule has 0 saturated heterocycles. The van der Waals surface area contributed by atoms with Gasteiger partial charge in [0.05, 0.1) is 53.4 Å². The number of halogens is 1. The van der Waals surface area contributed by atoms with Crippen molar-refractivity contribution >= 4 is 10.9 Å². The number of benzene rings is 1. The summed E-state index contributed by atoms with van der Waals surface area (Å²) in [5, 5.41) is 14.7. The van der Waals surface area contributed by atoms with E-state index in [0.29, 0.717) is 41.9 Å². The second kappa shape index (κ2) is 9.82. The molecule has 0 saturated carbocycles. The van der Waals surface area contributed by atoms with E-state index in [1.807, 2.05) is 30.3 Å². The highest BCUT2D eigenvalue weighted by atomic mass is 19.1. The zero-order chi connectivity index (χ0) is 22.5. The van der Waals surface area contributed by atoms with Gasteiger partial charge in [-0.15, -0.1) is 0 Å². The van der Waals surface area contributed by atoms with Gasteiger partial charge in [-0.05, 0) is 36.4 Å². The second-order valence-corrected chi connectivity index (χ2v) is 7.16. The van der Waals surface area contributed by atoms with E-state index >= 15 is 0 Å². The molecule has 3 heterocycles. The zero-order valence-electron chi connectivity index (χ0n) is 17.6. The average molecular weight is 437 g/mol. The Morgan fingerprint density at radius 1 is 1.12 bits per heavy atom. The number of aliphatic hydroxyl groups is 1. The lowest BCUT2D eigenvalue weighted by atomic mass is 10.1. The minimum Gasteiger partial charge on any atom is -0.490 e. The highest BCUT2D eigenvalue weighted by molar-refractivity contribution is 5.90. The van der Waals surface area contributed by atoms with Gasteiger partial charge in [0.1, 0.15) is 19.0 Å². The van der Waals surface area contributed by atoms with Gasteiger partial charge in [0.2, 0.25) is 0 Å². The van der Waals surface area contributed by atoms with Gasteiger partial charge < -0.3 is 20.3 Å². The molecule has 0 aliphatic carbocycles. The number of rotatable bonds is 9. The molecule has 9 heteroatoms. The van der Waals surface area contributed by atoms with Crippen LogP contribution in [0.15, 0.2) is 54.7 Å². The number of nitrogens with zero attached hydrogens (tertiary/aromatic N) is 4. The number of hydrogen-bond donors (Lipinski definition) is 2. The predicted octanol–water partition coefficient (Wildman–Crippen LogP) is 2.97. The highest BCUT2D eigenvalue weighted by Crippen LogP contribution is 2.33. The molecule has 1 aromatic carbocycles. The van der Waals surface area contributed by atoms with Crippen LogP contribution in [0.4, 0.5) is 4.39 Å². The first-order chi connectivity index (χ1) is 15.6. The lowest BCUT2D eigenvalue weighted by Crippen LogP contribution is -2.14. The van der Waals surface area contributed by atoms with E-state index < -0.39 is 12.7 Å². The van der Waals surface area contributed by atoms with Crippen molar-refractivity contribution in [3.05, 3.63) is 66.1 Å². The fraction of sp³-hybridized carbons (Fsp3) is 0.261. The molecule has 0 aliphatic heterocycles. The van der Waals surface area contributed by atoms with Crippen LogP contribution in [0.5, 0.6) is 5.75 Å². The van der Waals surface area contributed by atoms with Crippen LogP contribution in [0.1, 0.15) is 17.4 Å². The molecule has 0 bridgehead atoms. The fourth-order valence-electron chi connectivity index (χ4n) is 3.35. The molecule has 0 spiro atoms. The molecule has 0 fully saturated rings. The number of pyridine rings is 2. The van der Waals surface area contributed by atoms with Crippen molar-refractivity contribution < 1.29 is 19.0 Å². The summed E-state index contributed by atoms with van der Waals surface area (Å²) in [5.74, 6) is 1.17. The Hall–Kier alpha value is -3.40. The summed E-state index contributed by atoms with van der Waals surface area (Å²) in [6.45, 7) is -0.0760. The molecular weight excluding hydrogens is 413 g/mol. The van der Waals surface area contributed by atoms with Crippen LogP contribution in [0.2, 0.25) is 0 Å². The summed E-state index contributed by atoms with van der Waals surface area (Å²) in [6, 6.07) is 13.7. The van der Waals surface area contributed by atoms with Crippen LogP contribution >= 0.6 is 0 Å². The smallest absolute Gasteiger partial charge is 0.154 e. The van der Waals surface area contributed by atoms with Crippen LogP contribution in [0.25, 0.3) is 28.0 Å². The Morgan fingerprint density at radius 3 is 2.75 bits per heavy atom. The molecule has 3 aromatic heterocycles. The van der Waals surface area contributed by atoms with Gasteiger partial charge in [0.15, 0.2) is 5.82 Å². The van der Waals surface area contributed by atoms with Gasteiger partial charge >= 0.3 is 0 Å². The zero-order valence-corrected chi connectivity index (χ0v) is 17.6. The lowest BCUT2D eigenvalue weighted by molar-refractivity contribution is 0.147. The Bertz CT molecular complexity index is 1210. The summed E-state index contributed by atoms with van der Waals surface area (Å²) in [5.41, 5.74) is 8.99. The lowest BCUT2D eigenvalue weighted by Gasteiger charge is -2.12. The summed E-state index contributed by atoms with van der Waals surface area (Å²) in [7, 11) is 1.61. The van der Waals surface area contributed by atoms with Gasteiger partial charge in [0.25, 0.3) is 0 Å². The maximum Gasteiger partial charge on any atom is 0.154 e. The molecule has 166 valence electrons. The van der Waals surface area contributed by atoms with E-state index in [9.17, 15) is 9.50 Å². The highest BCUT2D eigenvalue weighted by Gasteiger charge is 2.16. The summed E-state index contributed by atoms with van der Waals surface area (Å²) in [4.78, 5) is 9.00. The molecule has 0 radical (unpaired) electrons. The normalized spacial score (nSPS) is 12.2. The van der Waals surface area contributed by atoms with E-state index in [-0.39, 0.29) is 6.61 Å². The first kappa shape index (κ1) is 21.8. The summed E-state index contributed by atoms with van der Waals surface area (Å²) < 4.78 is 25.8. The van der Waals surface area contributed by atoms with Gasteiger partial charge in [-0.3, -0.25) is 4.98 Å². The molecule has 0 amide bonds.